The molecule has 0 saturated carbocycles. The number of H-pyrrole nitrogens is 1. The fraction of sp³-hybridized carbons (Fsp3) is 0.429. The number of hydrogen-bond acceptors (Lipinski definition) is 3. The first-order valence-corrected chi connectivity index (χ1v) is 10.1. The predicted octanol–water partition coefficient (Wildman–Crippen LogP) is 3.46. The standard InChI is InChI=1S/C21H27F3N6O.HI/c1-3-25-19(27-10-8-15-14-29-17-7-5-4-6-16(15)17)28-11-9-20(31,21(22,23)24)18-26-12-13-30(18)2;/h4-7,12-14,29,31H,3,8-11H2,1-2H3,(H2,25,27,28);1H. The van der Waals surface area contributed by atoms with Gasteiger partial charge in [-0.1, -0.05) is 18.2 Å². The monoisotopic (exact) mass is 564 g/mol. The highest BCUT2D eigenvalue weighted by Crippen LogP contribution is 2.40. The highest BCUT2D eigenvalue weighted by molar-refractivity contribution is 14.0. The van der Waals surface area contributed by atoms with Gasteiger partial charge in [0.05, 0.1) is 0 Å². The predicted molar refractivity (Wildman–Crippen MR) is 129 cm³/mol. The van der Waals surface area contributed by atoms with E-state index in [0.717, 1.165) is 16.5 Å². The summed E-state index contributed by atoms with van der Waals surface area (Å²) in [6.45, 7) is 2.75. The Hall–Kier alpha value is -2.28. The molecule has 0 spiro atoms. The fourth-order valence-corrected chi connectivity index (χ4v) is 3.47. The van der Waals surface area contributed by atoms with E-state index in [0.29, 0.717) is 25.5 Å². The zero-order valence-electron chi connectivity index (χ0n) is 17.9. The van der Waals surface area contributed by atoms with Crippen molar-refractivity contribution in [1.82, 2.24) is 25.2 Å². The van der Waals surface area contributed by atoms with E-state index in [2.05, 4.69) is 25.6 Å². The van der Waals surface area contributed by atoms with Gasteiger partial charge in [-0.3, -0.25) is 4.99 Å². The number of para-hydroxylation sites is 1. The summed E-state index contributed by atoms with van der Waals surface area (Å²) in [6, 6.07) is 7.98. The smallest absolute Gasteiger partial charge is 0.374 e. The van der Waals surface area contributed by atoms with E-state index in [1.54, 1.807) is 0 Å². The number of aliphatic imine (C=N–C) groups is 1. The maximum Gasteiger partial charge on any atom is 0.424 e. The minimum absolute atomic E-state index is 0. The Morgan fingerprint density at radius 3 is 2.66 bits per heavy atom. The molecule has 176 valence electrons. The third kappa shape index (κ3) is 5.74. The molecule has 0 aliphatic carbocycles. The van der Waals surface area contributed by atoms with Crippen molar-refractivity contribution in [3.8, 4) is 0 Å². The van der Waals surface area contributed by atoms with Crippen LogP contribution >= 0.6 is 24.0 Å². The first-order chi connectivity index (χ1) is 14.8. The van der Waals surface area contributed by atoms with Gasteiger partial charge < -0.3 is 25.3 Å². The zero-order valence-corrected chi connectivity index (χ0v) is 20.2. The number of guanidine groups is 1. The number of hydrogen-bond donors (Lipinski definition) is 4. The molecule has 0 amide bonds. The van der Waals surface area contributed by atoms with Crippen LogP contribution in [0.25, 0.3) is 10.9 Å². The summed E-state index contributed by atoms with van der Waals surface area (Å²) in [5.41, 5.74) is -0.880. The number of nitrogens with zero attached hydrogens (tertiary/aromatic N) is 3. The van der Waals surface area contributed by atoms with Crippen LogP contribution in [0.4, 0.5) is 13.2 Å². The number of aromatic amines is 1. The van der Waals surface area contributed by atoms with Gasteiger partial charge in [-0.15, -0.1) is 24.0 Å². The van der Waals surface area contributed by atoms with Crippen molar-refractivity contribution in [3.05, 3.63) is 54.2 Å². The number of aromatic nitrogens is 3. The van der Waals surface area contributed by atoms with Crippen LogP contribution in [0.1, 0.15) is 24.7 Å². The number of benzene rings is 1. The number of halogens is 4. The lowest BCUT2D eigenvalue weighted by Crippen LogP contribution is -2.45. The summed E-state index contributed by atoms with van der Waals surface area (Å²) in [4.78, 5) is 11.1. The number of aliphatic hydroxyl groups is 1. The van der Waals surface area contributed by atoms with Crippen molar-refractivity contribution >= 4 is 40.8 Å². The molecule has 0 fully saturated rings. The topological polar surface area (TPSA) is 90.3 Å². The minimum atomic E-state index is -4.87. The lowest BCUT2D eigenvalue weighted by Gasteiger charge is -2.29. The second kappa shape index (κ2) is 11.0. The number of rotatable bonds is 8. The van der Waals surface area contributed by atoms with Crippen molar-refractivity contribution < 1.29 is 18.3 Å². The first kappa shape index (κ1) is 26.0. The molecule has 2 heterocycles. The van der Waals surface area contributed by atoms with Gasteiger partial charge in [-0.2, -0.15) is 13.2 Å². The van der Waals surface area contributed by atoms with Gasteiger partial charge in [0.1, 0.15) is 5.82 Å². The highest BCUT2D eigenvalue weighted by atomic mass is 127. The summed E-state index contributed by atoms with van der Waals surface area (Å²) >= 11 is 0. The van der Waals surface area contributed by atoms with E-state index < -0.39 is 24.0 Å². The van der Waals surface area contributed by atoms with E-state index in [9.17, 15) is 18.3 Å². The molecular formula is C21H28F3IN6O. The van der Waals surface area contributed by atoms with Crippen molar-refractivity contribution in [2.75, 3.05) is 19.6 Å². The Balaban J connectivity index is 0.00000363. The number of alkyl halides is 3. The molecule has 7 nitrogen and oxygen atoms in total. The molecule has 11 heteroatoms. The van der Waals surface area contributed by atoms with Crippen LogP contribution in [0.15, 0.2) is 47.8 Å². The molecule has 1 unspecified atom stereocenters. The Morgan fingerprint density at radius 2 is 2.00 bits per heavy atom. The van der Waals surface area contributed by atoms with E-state index in [4.69, 9.17) is 0 Å². The van der Waals surface area contributed by atoms with Gasteiger partial charge in [0, 0.05) is 62.6 Å². The van der Waals surface area contributed by atoms with E-state index in [1.165, 1.54) is 24.0 Å². The van der Waals surface area contributed by atoms with Crippen LogP contribution in [0.5, 0.6) is 0 Å². The Labute approximate surface area is 201 Å². The molecule has 0 aliphatic rings. The average Bonchev–Trinajstić information content (AvgIpc) is 3.33. The van der Waals surface area contributed by atoms with Crippen molar-refractivity contribution in [1.29, 1.82) is 0 Å². The molecular weight excluding hydrogens is 536 g/mol. The Morgan fingerprint density at radius 1 is 1.25 bits per heavy atom. The van der Waals surface area contributed by atoms with Crippen LogP contribution in [0, 0.1) is 0 Å². The maximum absolute atomic E-state index is 13.6. The summed E-state index contributed by atoms with van der Waals surface area (Å²) in [5, 5.41) is 17.7. The summed E-state index contributed by atoms with van der Waals surface area (Å²) in [6.07, 6.45) is -0.249. The number of fused-ring (bicyclic) bond motifs is 1. The van der Waals surface area contributed by atoms with E-state index in [1.807, 2.05) is 37.4 Å². The first-order valence-electron chi connectivity index (χ1n) is 10.1. The van der Waals surface area contributed by atoms with E-state index in [-0.39, 0.29) is 30.5 Å². The molecule has 3 rings (SSSR count). The molecule has 1 aromatic carbocycles. The molecule has 0 bridgehead atoms. The van der Waals surface area contributed by atoms with Gasteiger partial charge in [-0.05, 0) is 25.0 Å². The third-order valence-corrected chi connectivity index (χ3v) is 5.11. The molecule has 2 aromatic heterocycles. The van der Waals surface area contributed by atoms with Crippen molar-refractivity contribution in [3.63, 3.8) is 0 Å². The van der Waals surface area contributed by atoms with Gasteiger partial charge in [0.2, 0.25) is 5.60 Å². The average molecular weight is 564 g/mol. The van der Waals surface area contributed by atoms with Gasteiger partial charge in [0.15, 0.2) is 5.96 Å². The van der Waals surface area contributed by atoms with Gasteiger partial charge in [-0.25, -0.2) is 4.98 Å². The number of imidazole rings is 1. The normalized spacial score (nSPS) is 14.1. The summed E-state index contributed by atoms with van der Waals surface area (Å²) < 4.78 is 42.0. The second-order valence-corrected chi connectivity index (χ2v) is 7.27. The Kier molecular flexibility index (Phi) is 8.96. The largest absolute Gasteiger partial charge is 0.424 e. The lowest BCUT2D eigenvalue weighted by atomic mass is 9.98. The van der Waals surface area contributed by atoms with E-state index >= 15 is 0 Å². The zero-order chi connectivity index (χ0) is 22.5. The molecule has 32 heavy (non-hydrogen) atoms. The van der Waals surface area contributed by atoms with Crippen molar-refractivity contribution in [2.24, 2.45) is 12.0 Å². The minimum Gasteiger partial charge on any atom is -0.374 e. The van der Waals surface area contributed by atoms with Crippen LogP contribution in [-0.4, -0.2) is 51.4 Å². The van der Waals surface area contributed by atoms with Gasteiger partial charge in [0.25, 0.3) is 0 Å². The molecule has 0 aliphatic heterocycles. The number of aryl methyl sites for hydroxylation is 1. The van der Waals surface area contributed by atoms with Crippen LogP contribution in [0.3, 0.4) is 0 Å². The maximum atomic E-state index is 13.6. The quantitative estimate of drug-likeness (QED) is 0.192. The number of nitrogens with one attached hydrogen (secondary N) is 3. The molecule has 4 N–H and O–H groups in total. The molecule has 1 atom stereocenters. The molecule has 3 aromatic rings. The SMILES string of the molecule is CCNC(=NCCC(O)(c1nccn1C)C(F)(F)F)NCCc1c[nH]c2ccccc12.I. The highest BCUT2D eigenvalue weighted by Gasteiger charge is 2.57. The summed E-state index contributed by atoms with van der Waals surface area (Å²) in [7, 11) is 1.42. The Bertz CT molecular complexity index is 1030. The second-order valence-electron chi connectivity index (χ2n) is 7.27. The third-order valence-electron chi connectivity index (χ3n) is 5.11. The fourth-order valence-electron chi connectivity index (χ4n) is 3.47. The van der Waals surface area contributed by atoms with Crippen LogP contribution in [-0.2, 0) is 19.1 Å². The van der Waals surface area contributed by atoms with Crippen LogP contribution in [0.2, 0.25) is 0 Å². The van der Waals surface area contributed by atoms with Crippen molar-refractivity contribution in [2.45, 2.75) is 31.5 Å². The lowest BCUT2D eigenvalue weighted by molar-refractivity contribution is -0.272. The molecule has 0 radical (unpaired) electrons. The van der Waals surface area contributed by atoms with Gasteiger partial charge >= 0.3 is 6.18 Å². The van der Waals surface area contributed by atoms with Crippen LogP contribution < -0.4 is 10.6 Å². The molecule has 0 saturated heterocycles. The summed E-state index contributed by atoms with van der Waals surface area (Å²) in [5.74, 6) is -0.0563.